The first-order valence-electron chi connectivity index (χ1n) is 6.76. The predicted octanol–water partition coefficient (Wildman–Crippen LogP) is 3.83. The number of oxazole rings is 1. The molecule has 1 aliphatic carbocycles. The van der Waals surface area contributed by atoms with Gasteiger partial charge in [0.05, 0.1) is 10.6 Å². The Labute approximate surface area is 122 Å². The van der Waals surface area contributed by atoms with Crippen molar-refractivity contribution >= 4 is 11.8 Å². The second kappa shape index (κ2) is 5.58. The third kappa shape index (κ3) is 3.04. The Bertz CT molecular complexity index is 603. The summed E-state index contributed by atoms with van der Waals surface area (Å²) in [7, 11) is 0. The van der Waals surface area contributed by atoms with Gasteiger partial charge in [-0.3, -0.25) is 0 Å². The maximum Gasteiger partial charge on any atom is 0.261 e. The van der Waals surface area contributed by atoms with Gasteiger partial charge in [-0.1, -0.05) is 12.1 Å². The SMILES string of the molecule is Cc1nc(Sc2c(F)cccc2CNC2CC2)oc1C. The summed E-state index contributed by atoms with van der Waals surface area (Å²) in [4.78, 5) is 4.90. The maximum absolute atomic E-state index is 14.1. The van der Waals surface area contributed by atoms with Gasteiger partial charge < -0.3 is 9.73 Å². The number of rotatable bonds is 5. The number of hydrogen-bond acceptors (Lipinski definition) is 4. The van der Waals surface area contributed by atoms with Gasteiger partial charge in [-0.25, -0.2) is 9.37 Å². The highest BCUT2D eigenvalue weighted by Crippen LogP contribution is 2.33. The lowest BCUT2D eigenvalue weighted by Crippen LogP contribution is -2.16. The lowest BCUT2D eigenvalue weighted by Gasteiger charge is -2.09. The van der Waals surface area contributed by atoms with Crippen molar-refractivity contribution in [2.45, 2.75) is 49.4 Å². The molecule has 0 aliphatic heterocycles. The van der Waals surface area contributed by atoms with E-state index in [0.29, 0.717) is 22.7 Å². The molecule has 0 amide bonds. The van der Waals surface area contributed by atoms with Crippen molar-refractivity contribution in [1.29, 1.82) is 0 Å². The minimum absolute atomic E-state index is 0.224. The molecule has 20 heavy (non-hydrogen) atoms. The molecule has 1 aliphatic rings. The van der Waals surface area contributed by atoms with Gasteiger partial charge in [0.2, 0.25) is 0 Å². The van der Waals surface area contributed by atoms with Crippen LogP contribution in [0.5, 0.6) is 0 Å². The number of benzene rings is 1. The molecule has 0 atom stereocenters. The Morgan fingerprint density at radius 2 is 2.20 bits per heavy atom. The van der Waals surface area contributed by atoms with Crippen molar-refractivity contribution in [3.63, 3.8) is 0 Å². The number of halogens is 1. The zero-order valence-corrected chi connectivity index (χ0v) is 12.4. The number of aromatic nitrogens is 1. The standard InChI is InChI=1S/C15H17FN2OS/c1-9-10(2)19-15(18-9)20-14-11(4-3-5-13(14)16)8-17-12-6-7-12/h3-5,12,17H,6-8H2,1-2H3. The summed E-state index contributed by atoms with van der Waals surface area (Å²) in [6.45, 7) is 4.44. The Morgan fingerprint density at radius 3 is 2.85 bits per heavy atom. The normalized spacial score (nSPS) is 14.8. The van der Waals surface area contributed by atoms with Crippen LogP contribution >= 0.6 is 11.8 Å². The van der Waals surface area contributed by atoms with E-state index >= 15 is 0 Å². The number of nitrogens with one attached hydrogen (secondary N) is 1. The molecule has 1 saturated carbocycles. The Morgan fingerprint density at radius 1 is 1.40 bits per heavy atom. The lowest BCUT2D eigenvalue weighted by atomic mass is 10.2. The van der Waals surface area contributed by atoms with Crippen LogP contribution in [0.4, 0.5) is 4.39 Å². The zero-order chi connectivity index (χ0) is 14.1. The van der Waals surface area contributed by atoms with E-state index in [1.54, 1.807) is 6.07 Å². The van der Waals surface area contributed by atoms with Crippen LogP contribution in [0.15, 0.2) is 32.7 Å². The van der Waals surface area contributed by atoms with Crippen LogP contribution in [0, 0.1) is 19.7 Å². The molecule has 2 aromatic rings. The van der Waals surface area contributed by atoms with Crippen molar-refractivity contribution in [2.75, 3.05) is 0 Å². The van der Waals surface area contributed by atoms with Crippen molar-refractivity contribution < 1.29 is 8.81 Å². The van der Waals surface area contributed by atoms with Gasteiger partial charge in [-0.2, -0.15) is 0 Å². The van der Waals surface area contributed by atoms with Crippen LogP contribution < -0.4 is 5.32 Å². The largest absolute Gasteiger partial charge is 0.436 e. The molecule has 1 fully saturated rings. The van der Waals surface area contributed by atoms with Gasteiger partial charge >= 0.3 is 0 Å². The van der Waals surface area contributed by atoms with Gasteiger partial charge in [0.1, 0.15) is 11.6 Å². The number of hydrogen-bond donors (Lipinski definition) is 1. The summed E-state index contributed by atoms with van der Waals surface area (Å²) in [6, 6.07) is 5.77. The highest BCUT2D eigenvalue weighted by atomic mass is 32.2. The lowest BCUT2D eigenvalue weighted by molar-refractivity contribution is 0.430. The highest BCUT2D eigenvalue weighted by Gasteiger charge is 2.21. The van der Waals surface area contributed by atoms with Crippen LogP contribution in [0.2, 0.25) is 0 Å². The van der Waals surface area contributed by atoms with Crippen molar-refractivity contribution in [2.24, 2.45) is 0 Å². The van der Waals surface area contributed by atoms with E-state index in [9.17, 15) is 4.39 Å². The fourth-order valence-electron chi connectivity index (χ4n) is 1.92. The molecular weight excluding hydrogens is 275 g/mol. The monoisotopic (exact) mass is 292 g/mol. The zero-order valence-electron chi connectivity index (χ0n) is 11.6. The summed E-state index contributed by atoms with van der Waals surface area (Å²) in [6.07, 6.45) is 2.44. The summed E-state index contributed by atoms with van der Waals surface area (Å²) in [5, 5.41) is 3.91. The molecule has 1 aromatic carbocycles. The van der Waals surface area contributed by atoms with Gasteiger partial charge in [0.15, 0.2) is 0 Å². The van der Waals surface area contributed by atoms with E-state index in [1.165, 1.54) is 30.7 Å². The molecule has 0 unspecified atom stereocenters. The molecule has 1 heterocycles. The first-order valence-corrected chi connectivity index (χ1v) is 7.58. The Hall–Kier alpha value is -1.33. The second-order valence-corrected chi connectivity index (χ2v) is 6.07. The van der Waals surface area contributed by atoms with Gasteiger partial charge in [-0.15, -0.1) is 0 Å². The molecule has 5 heteroatoms. The van der Waals surface area contributed by atoms with E-state index < -0.39 is 0 Å². The molecule has 0 spiro atoms. The minimum Gasteiger partial charge on any atom is -0.436 e. The van der Waals surface area contributed by atoms with E-state index in [-0.39, 0.29) is 5.82 Å². The first kappa shape index (κ1) is 13.6. The molecule has 0 radical (unpaired) electrons. The van der Waals surface area contributed by atoms with E-state index in [1.807, 2.05) is 19.9 Å². The molecule has 1 aromatic heterocycles. The number of nitrogens with zero attached hydrogens (tertiary/aromatic N) is 1. The van der Waals surface area contributed by atoms with Crippen LogP contribution in [-0.4, -0.2) is 11.0 Å². The molecule has 1 N–H and O–H groups in total. The molecule has 0 bridgehead atoms. The third-order valence-electron chi connectivity index (χ3n) is 3.41. The quantitative estimate of drug-likeness (QED) is 0.909. The van der Waals surface area contributed by atoms with Gasteiger partial charge in [0.25, 0.3) is 5.22 Å². The summed E-state index contributed by atoms with van der Waals surface area (Å²) in [5.41, 5.74) is 1.80. The summed E-state index contributed by atoms with van der Waals surface area (Å²) in [5.74, 6) is 0.556. The first-order chi connectivity index (χ1) is 9.63. The fourth-order valence-corrected chi connectivity index (χ4v) is 2.88. The smallest absolute Gasteiger partial charge is 0.261 e. The molecule has 0 saturated heterocycles. The average molecular weight is 292 g/mol. The molecule has 3 rings (SSSR count). The number of aryl methyl sites for hydroxylation is 2. The molecular formula is C15H17FN2OS. The van der Waals surface area contributed by atoms with Crippen molar-refractivity contribution in [3.8, 4) is 0 Å². The van der Waals surface area contributed by atoms with Gasteiger partial charge in [-0.05, 0) is 50.1 Å². The summed E-state index contributed by atoms with van der Waals surface area (Å²) >= 11 is 1.26. The molecule has 106 valence electrons. The third-order valence-corrected chi connectivity index (χ3v) is 4.42. The highest BCUT2D eigenvalue weighted by molar-refractivity contribution is 7.99. The Balaban J connectivity index is 1.82. The van der Waals surface area contributed by atoms with E-state index in [4.69, 9.17) is 4.42 Å². The van der Waals surface area contributed by atoms with Gasteiger partial charge in [0, 0.05) is 12.6 Å². The average Bonchev–Trinajstić information content (AvgIpc) is 3.18. The van der Waals surface area contributed by atoms with Crippen LogP contribution in [-0.2, 0) is 6.54 Å². The molecule has 3 nitrogen and oxygen atoms in total. The summed E-state index contributed by atoms with van der Waals surface area (Å²) < 4.78 is 19.6. The van der Waals surface area contributed by atoms with Crippen LogP contribution in [0.25, 0.3) is 0 Å². The Kier molecular flexibility index (Phi) is 3.81. The predicted molar refractivity (Wildman–Crippen MR) is 76.4 cm³/mol. The topological polar surface area (TPSA) is 38.1 Å². The van der Waals surface area contributed by atoms with E-state index in [0.717, 1.165) is 17.0 Å². The maximum atomic E-state index is 14.1. The van der Waals surface area contributed by atoms with Crippen LogP contribution in [0.3, 0.4) is 0 Å². The van der Waals surface area contributed by atoms with Crippen molar-refractivity contribution in [1.82, 2.24) is 10.3 Å². The van der Waals surface area contributed by atoms with Crippen molar-refractivity contribution in [3.05, 3.63) is 41.0 Å². The second-order valence-electron chi connectivity index (χ2n) is 5.11. The fraction of sp³-hybridized carbons (Fsp3) is 0.400. The van der Waals surface area contributed by atoms with Crippen LogP contribution in [0.1, 0.15) is 29.9 Å². The van der Waals surface area contributed by atoms with E-state index in [2.05, 4.69) is 10.3 Å². The minimum atomic E-state index is -0.224.